The summed E-state index contributed by atoms with van der Waals surface area (Å²) < 4.78 is 11.3. The van der Waals surface area contributed by atoms with Crippen LogP contribution < -0.4 is 10.6 Å². The van der Waals surface area contributed by atoms with E-state index >= 15 is 0 Å². The number of nitrogens with zero attached hydrogens (tertiary/aromatic N) is 2. The van der Waals surface area contributed by atoms with Gasteiger partial charge in [-0.3, -0.25) is 0 Å². The molecule has 0 aromatic carbocycles. The molecule has 2 unspecified atom stereocenters. The van der Waals surface area contributed by atoms with Gasteiger partial charge in [-0.2, -0.15) is 0 Å². The Hall–Kier alpha value is -1.14. The summed E-state index contributed by atoms with van der Waals surface area (Å²) in [4.78, 5) is 0. The maximum Gasteiger partial charge on any atom is 0.315 e. The van der Waals surface area contributed by atoms with Gasteiger partial charge in [0, 0.05) is 13.2 Å². The molecule has 20 heavy (non-hydrogen) atoms. The molecule has 1 saturated heterocycles. The highest BCUT2D eigenvalue weighted by Crippen LogP contribution is 2.17. The van der Waals surface area contributed by atoms with Crippen molar-refractivity contribution >= 4 is 6.01 Å². The normalized spacial score (nSPS) is 20.8. The predicted molar refractivity (Wildman–Crippen MR) is 77.7 cm³/mol. The van der Waals surface area contributed by atoms with E-state index in [4.69, 9.17) is 9.15 Å². The van der Waals surface area contributed by atoms with Gasteiger partial charge in [-0.05, 0) is 45.6 Å². The van der Waals surface area contributed by atoms with Crippen LogP contribution in [0.25, 0.3) is 0 Å². The van der Waals surface area contributed by atoms with Crippen LogP contribution in [0.3, 0.4) is 0 Å². The highest BCUT2D eigenvalue weighted by molar-refractivity contribution is 5.17. The van der Waals surface area contributed by atoms with Crippen LogP contribution in [0.1, 0.15) is 57.9 Å². The summed E-state index contributed by atoms with van der Waals surface area (Å²) in [5.74, 6) is 0.634. The molecule has 2 N–H and O–H groups in total. The molecule has 114 valence electrons. The quantitative estimate of drug-likeness (QED) is 0.763. The minimum Gasteiger partial charge on any atom is -0.406 e. The molecule has 2 heterocycles. The minimum absolute atomic E-state index is 0.0969. The van der Waals surface area contributed by atoms with Crippen molar-refractivity contribution in [3.63, 3.8) is 0 Å². The van der Waals surface area contributed by atoms with Gasteiger partial charge in [0.25, 0.3) is 0 Å². The molecule has 1 aliphatic heterocycles. The van der Waals surface area contributed by atoms with Gasteiger partial charge < -0.3 is 19.8 Å². The predicted octanol–water partition coefficient (Wildman–Crippen LogP) is 2.50. The van der Waals surface area contributed by atoms with Crippen LogP contribution >= 0.6 is 0 Å². The van der Waals surface area contributed by atoms with Gasteiger partial charge in [-0.15, -0.1) is 5.10 Å². The van der Waals surface area contributed by atoms with E-state index < -0.39 is 0 Å². The third kappa shape index (κ3) is 4.76. The van der Waals surface area contributed by atoms with Crippen LogP contribution in [0.4, 0.5) is 6.01 Å². The van der Waals surface area contributed by atoms with Crippen molar-refractivity contribution in [2.45, 2.75) is 58.1 Å². The zero-order valence-electron chi connectivity index (χ0n) is 12.5. The smallest absolute Gasteiger partial charge is 0.315 e. The van der Waals surface area contributed by atoms with Crippen LogP contribution in [-0.4, -0.2) is 36.0 Å². The molecular formula is C14H26N4O2. The van der Waals surface area contributed by atoms with E-state index in [2.05, 4.69) is 27.8 Å². The van der Waals surface area contributed by atoms with Gasteiger partial charge in [0.15, 0.2) is 0 Å². The fraction of sp³-hybridized carbons (Fsp3) is 0.857. The molecule has 6 nitrogen and oxygen atoms in total. The summed E-state index contributed by atoms with van der Waals surface area (Å²) in [5.41, 5.74) is 0. The van der Waals surface area contributed by atoms with Crippen molar-refractivity contribution in [3.05, 3.63) is 5.89 Å². The van der Waals surface area contributed by atoms with Crippen molar-refractivity contribution in [1.82, 2.24) is 15.5 Å². The van der Waals surface area contributed by atoms with E-state index in [9.17, 15) is 0 Å². The molecule has 1 aromatic heterocycles. The van der Waals surface area contributed by atoms with Crippen LogP contribution in [0.15, 0.2) is 4.42 Å². The first kappa shape index (κ1) is 15.3. The molecule has 1 aliphatic rings. The van der Waals surface area contributed by atoms with Gasteiger partial charge in [0.05, 0.1) is 12.1 Å². The van der Waals surface area contributed by atoms with Gasteiger partial charge in [-0.1, -0.05) is 12.0 Å². The van der Waals surface area contributed by atoms with Crippen molar-refractivity contribution in [1.29, 1.82) is 0 Å². The Kier molecular flexibility index (Phi) is 6.26. The first-order valence-corrected chi connectivity index (χ1v) is 7.72. The Morgan fingerprint density at radius 1 is 1.30 bits per heavy atom. The van der Waals surface area contributed by atoms with Gasteiger partial charge in [0.2, 0.25) is 5.89 Å². The number of hydrogen-bond acceptors (Lipinski definition) is 6. The van der Waals surface area contributed by atoms with Crippen LogP contribution in [0, 0.1) is 0 Å². The Morgan fingerprint density at radius 3 is 2.95 bits per heavy atom. The SMILES string of the molecule is CCCNC(C)c1nnc(NCCC2CCCCO2)o1. The summed E-state index contributed by atoms with van der Waals surface area (Å²) in [7, 11) is 0. The molecular weight excluding hydrogens is 256 g/mol. The number of anilines is 1. The van der Waals surface area contributed by atoms with E-state index in [0.717, 1.165) is 39.0 Å². The fourth-order valence-electron chi connectivity index (χ4n) is 2.30. The minimum atomic E-state index is 0.0969. The largest absolute Gasteiger partial charge is 0.406 e. The van der Waals surface area contributed by atoms with Gasteiger partial charge in [0.1, 0.15) is 0 Å². The lowest BCUT2D eigenvalue weighted by Crippen LogP contribution is -2.22. The van der Waals surface area contributed by atoms with Crippen molar-refractivity contribution in [3.8, 4) is 0 Å². The van der Waals surface area contributed by atoms with Crippen LogP contribution in [0.5, 0.6) is 0 Å². The number of ether oxygens (including phenoxy) is 1. The highest BCUT2D eigenvalue weighted by Gasteiger charge is 2.15. The van der Waals surface area contributed by atoms with Crippen LogP contribution in [0.2, 0.25) is 0 Å². The second-order valence-electron chi connectivity index (χ2n) is 5.33. The average molecular weight is 282 g/mol. The molecule has 1 fully saturated rings. The molecule has 2 rings (SSSR count). The summed E-state index contributed by atoms with van der Waals surface area (Å²) >= 11 is 0. The molecule has 0 radical (unpaired) electrons. The van der Waals surface area contributed by atoms with E-state index in [1.54, 1.807) is 0 Å². The Balaban J connectivity index is 1.69. The third-order valence-electron chi connectivity index (χ3n) is 3.53. The molecule has 0 amide bonds. The third-order valence-corrected chi connectivity index (χ3v) is 3.53. The maximum absolute atomic E-state index is 5.69. The number of aromatic nitrogens is 2. The number of hydrogen-bond donors (Lipinski definition) is 2. The van der Waals surface area contributed by atoms with Crippen molar-refractivity contribution in [2.24, 2.45) is 0 Å². The first-order valence-electron chi connectivity index (χ1n) is 7.72. The molecule has 0 saturated carbocycles. The van der Waals surface area contributed by atoms with Crippen LogP contribution in [-0.2, 0) is 4.74 Å². The molecule has 6 heteroatoms. The van der Waals surface area contributed by atoms with Gasteiger partial charge >= 0.3 is 6.01 Å². The van der Waals surface area contributed by atoms with E-state index in [-0.39, 0.29) is 6.04 Å². The Bertz CT molecular complexity index is 377. The van der Waals surface area contributed by atoms with E-state index in [1.807, 2.05) is 6.92 Å². The standard InChI is InChI=1S/C14H26N4O2/c1-3-8-15-11(2)13-17-18-14(20-13)16-9-7-12-6-4-5-10-19-12/h11-12,15H,3-10H2,1-2H3,(H,16,18). The zero-order valence-corrected chi connectivity index (χ0v) is 12.5. The summed E-state index contributed by atoms with van der Waals surface area (Å²) in [6.07, 6.45) is 6.08. The lowest BCUT2D eigenvalue weighted by molar-refractivity contribution is 0.0134. The maximum atomic E-state index is 5.69. The summed E-state index contributed by atoms with van der Waals surface area (Å²) in [5, 5.41) is 14.6. The summed E-state index contributed by atoms with van der Waals surface area (Å²) in [6.45, 7) is 6.82. The average Bonchev–Trinajstić information content (AvgIpc) is 2.95. The van der Waals surface area contributed by atoms with E-state index in [1.165, 1.54) is 12.8 Å². The molecule has 0 bridgehead atoms. The van der Waals surface area contributed by atoms with Crippen molar-refractivity contribution in [2.75, 3.05) is 25.0 Å². The lowest BCUT2D eigenvalue weighted by atomic mass is 10.1. The fourth-order valence-corrected chi connectivity index (χ4v) is 2.30. The first-order chi connectivity index (χ1) is 9.79. The second-order valence-corrected chi connectivity index (χ2v) is 5.33. The van der Waals surface area contributed by atoms with E-state index in [0.29, 0.717) is 18.0 Å². The molecule has 2 atom stereocenters. The lowest BCUT2D eigenvalue weighted by Gasteiger charge is -2.22. The second kappa shape index (κ2) is 8.21. The Morgan fingerprint density at radius 2 is 2.20 bits per heavy atom. The molecule has 0 aliphatic carbocycles. The monoisotopic (exact) mass is 282 g/mol. The summed E-state index contributed by atoms with van der Waals surface area (Å²) in [6, 6.07) is 0.598. The molecule has 1 aromatic rings. The Labute approximate surface area is 120 Å². The topological polar surface area (TPSA) is 72.2 Å². The molecule has 0 spiro atoms. The van der Waals surface area contributed by atoms with Crippen molar-refractivity contribution < 1.29 is 9.15 Å². The zero-order chi connectivity index (χ0) is 14.2. The highest BCUT2D eigenvalue weighted by atomic mass is 16.5. The number of rotatable bonds is 8. The number of nitrogens with one attached hydrogen (secondary N) is 2. The van der Waals surface area contributed by atoms with Gasteiger partial charge in [-0.25, -0.2) is 0 Å².